The summed E-state index contributed by atoms with van der Waals surface area (Å²) < 4.78 is 5.52. The van der Waals surface area contributed by atoms with Crippen LogP contribution in [0.4, 0.5) is 0 Å². The molecule has 1 aliphatic carbocycles. The molecule has 2 aliphatic rings. The second-order valence-corrected chi connectivity index (χ2v) is 7.65. The molecule has 0 aromatic heterocycles. The summed E-state index contributed by atoms with van der Waals surface area (Å²) in [4.78, 5) is 14.7. The van der Waals surface area contributed by atoms with Gasteiger partial charge >= 0.3 is 0 Å². The van der Waals surface area contributed by atoms with Gasteiger partial charge in [0.2, 0.25) is 0 Å². The first kappa shape index (κ1) is 17.9. The van der Waals surface area contributed by atoms with Crippen LogP contribution in [-0.2, 0) is 20.1 Å². The smallest absolute Gasteiger partial charge is 0.156 e. The average Bonchev–Trinajstić information content (AvgIpc) is 2.62. The Balaban J connectivity index is 1.71. The maximum atomic E-state index is 6.23. The fraction of sp³-hybridized carbons (Fsp3) is 0.700. The van der Waals surface area contributed by atoms with Crippen LogP contribution < -0.4 is 0 Å². The quantitative estimate of drug-likeness (QED) is 0.598. The Morgan fingerprint density at radius 2 is 1.62 bits per heavy atom. The number of ether oxygens (including phenoxy) is 1. The number of hydrogen-bond acceptors (Lipinski definition) is 4. The minimum absolute atomic E-state index is 0.288. The van der Waals surface area contributed by atoms with Crippen LogP contribution in [0.1, 0.15) is 57.1 Å². The van der Waals surface area contributed by atoms with Gasteiger partial charge in [0, 0.05) is 13.1 Å². The standard InChI is InChI=1S/C20H31NO3/c1-17-7-9-18(10-8-17)19(2,3)23-24-20(11-5-4-6-12-20)21-13-15-22-16-14-21/h7-10H,4-6,11-16H2,1-3H3. The summed E-state index contributed by atoms with van der Waals surface area (Å²) >= 11 is 0. The van der Waals surface area contributed by atoms with Gasteiger partial charge in [0.15, 0.2) is 5.72 Å². The van der Waals surface area contributed by atoms with E-state index in [2.05, 4.69) is 49.9 Å². The lowest BCUT2D eigenvalue weighted by Gasteiger charge is -2.47. The van der Waals surface area contributed by atoms with Crippen molar-refractivity contribution < 1.29 is 14.5 Å². The Bertz CT molecular complexity index is 514. The molecular formula is C20H31NO3. The first-order valence-corrected chi connectivity index (χ1v) is 9.29. The van der Waals surface area contributed by atoms with E-state index in [1.54, 1.807) is 0 Å². The maximum absolute atomic E-state index is 6.23. The first-order chi connectivity index (χ1) is 11.5. The molecule has 4 heteroatoms. The molecule has 1 aromatic rings. The van der Waals surface area contributed by atoms with E-state index in [9.17, 15) is 0 Å². The second-order valence-electron chi connectivity index (χ2n) is 7.65. The van der Waals surface area contributed by atoms with Gasteiger partial charge < -0.3 is 4.74 Å². The Morgan fingerprint density at radius 1 is 1.00 bits per heavy atom. The van der Waals surface area contributed by atoms with Gasteiger partial charge in [-0.25, -0.2) is 9.78 Å². The minimum atomic E-state index is -0.468. The summed E-state index contributed by atoms with van der Waals surface area (Å²) in [5.74, 6) is 0. The molecule has 0 amide bonds. The first-order valence-electron chi connectivity index (χ1n) is 9.29. The number of hydrogen-bond donors (Lipinski definition) is 0. The molecule has 0 unspecified atom stereocenters. The molecule has 4 nitrogen and oxygen atoms in total. The molecule has 1 heterocycles. The van der Waals surface area contributed by atoms with Crippen LogP contribution in [0.25, 0.3) is 0 Å². The highest BCUT2D eigenvalue weighted by Gasteiger charge is 2.42. The predicted molar refractivity (Wildman–Crippen MR) is 94.6 cm³/mol. The normalized spacial score (nSPS) is 22.5. The Hall–Kier alpha value is -0.940. The lowest BCUT2D eigenvalue weighted by molar-refractivity contribution is -0.446. The van der Waals surface area contributed by atoms with Gasteiger partial charge in [-0.2, -0.15) is 0 Å². The van der Waals surface area contributed by atoms with Crippen molar-refractivity contribution in [3.8, 4) is 0 Å². The number of morpholine rings is 1. The zero-order valence-electron chi connectivity index (χ0n) is 15.3. The van der Waals surface area contributed by atoms with Crippen molar-refractivity contribution in [2.24, 2.45) is 0 Å². The van der Waals surface area contributed by atoms with Crippen molar-refractivity contribution in [2.45, 2.75) is 64.2 Å². The van der Waals surface area contributed by atoms with E-state index < -0.39 is 5.60 Å². The molecule has 0 atom stereocenters. The van der Waals surface area contributed by atoms with Gasteiger partial charge in [-0.3, -0.25) is 4.90 Å². The van der Waals surface area contributed by atoms with E-state index in [1.165, 1.54) is 24.8 Å². The number of benzene rings is 1. The highest BCUT2D eigenvalue weighted by molar-refractivity contribution is 5.25. The van der Waals surface area contributed by atoms with Gasteiger partial charge in [0.25, 0.3) is 0 Å². The van der Waals surface area contributed by atoms with Gasteiger partial charge in [0.1, 0.15) is 5.60 Å². The Kier molecular flexibility index (Phi) is 5.60. The van der Waals surface area contributed by atoms with Crippen LogP contribution >= 0.6 is 0 Å². The van der Waals surface area contributed by atoms with Crippen molar-refractivity contribution in [3.05, 3.63) is 35.4 Å². The van der Waals surface area contributed by atoms with Crippen LogP contribution in [-0.4, -0.2) is 36.9 Å². The summed E-state index contributed by atoms with van der Waals surface area (Å²) in [6.07, 6.45) is 5.77. The van der Waals surface area contributed by atoms with Crippen molar-refractivity contribution in [2.75, 3.05) is 26.3 Å². The molecule has 2 fully saturated rings. The summed E-state index contributed by atoms with van der Waals surface area (Å²) in [7, 11) is 0. The molecule has 0 spiro atoms. The summed E-state index contributed by atoms with van der Waals surface area (Å²) in [6.45, 7) is 9.67. The fourth-order valence-corrected chi connectivity index (χ4v) is 3.71. The maximum Gasteiger partial charge on any atom is 0.156 e. The second kappa shape index (κ2) is 7.52. The monoisotopic (exact) mass is 333 g/mol. The molecule has 1 aliphatic heterocycles. The van der Waals surface area contributed by atoms with E-state index in [0.29, 0.717) is 0 Å². The van der Waals surface area contributed by atoms with E-state index in [1.807, 2.05) is 0 Å². The average molecular weight is 333 g/mol. The molecule has 1 saturated heterocycles. The third kappa shape index (κ3) is 3.99. The SMILES string of the molecule is Cc1ccc(C(C)(C)OOC2(N3CCOCC3)CCCCC2)cc1. The number of rotatable bonds is 5. The van der Waals surface area contributed by atoms with Crippen molar-refractivity contribution in [3.63, 3.8) is 0 Å². The van der Waals surface area contributed by atoms with Gasteiger partial charge in [-0.05, 0) is 52.0 Å². The minimum Gasteiger partial charge on any atom is -0.379 e. The molecule has 24 heavy (non-hydrogen) atoms. The third-order valence-electron chi connectivity index (χ3n) is 5.37. The fourth-order valence-electron chi connectivity index (χ4n) is 3.71. The number of aryl methyl sites for hydroxylation is 1. The third-order valence-corrected chi connectivity index (χ3v) is 5.37. The van der Waals surface area contributed by atoms with Crippen molar-refractivity contribution >= 4 is 0 Å². The highest BCUT2D eigenvalue weighted by atomic mass is 17.2. The van der Waals surface area contributed by atoms with Crippen LogP contribution in [0, 0.1) is 6.92 Å². The predicted octanol–water partition coefficient (Wildman–Crippen LogP) is 4.17. The molecule has 0 radical (unpaired) electrons. The van der Waals surface area contributed by atoms with E-state index in [-0.39, 0.29) is 5.72 Å². The molecule has 3 rings (SSSR count). The molecule has 134 valence electrons. The zero-order chi connectivity index (χ0) is 17.0. The van der Waals surface area contributed by atoms with Gasteiger partial charge in [-0.15, -0.1) is 0 Å². The lowest BCUT2D eigenvalue weighted by Crippen LogP contribution is -2.56. The number of nitrogens with zero attached hydrogens (tertiary/aromatic N) is 1. The molecular weight excluding hydrogens is 302 g/mol. The molecule has 0 bridgehead atoms. The van der Waals surface area contributed by atoms with Crippen molar-refractivity contribution in [1.82, 2.24) is 4.90 Å². The molecule has 1 saturated carbocycles. The topological polar surface area (TPSA) is 30.9 Å². The van der Waals surface area contributed by atoms with Crippen LogP contribution in [0.15, 0.2) is 24.3 Å². The van der Waals surface area contributed by atoms with Gasteiger partial charge in [0.05, 0.1) is 13.2 Å². The van der Waals surface area contributed by atoms with Crippen molar-refractivity contribution in [1.29, 1.82) is 0 Å². The lowest BCUT2D eigenvalue weighted by atomic mass is 9.90. The van der Waals surface area contributed by atoms with E-state index >= 15 is 0 Å². The highest BCUT2D eigenvalue weighted by Crippen LogP contribution is 2.38. The summed E-state index contributed by atoms with van der Waals surface area (Å²) in [6, 6.07) is 8.50. The van der Waals surface area contributed by atoms with Crippen LogP contribution in [0.2, 0.25) is 0 Å². The Labute approximate surface area is 146 Å². The Morgan fingerprint density at radius 3 is 2.25 bits per heavy atom. The molecule has 1 aromatic carbocycles. The zero-order valence-corrected chi connectivity index (χ0v) is 15.3. The van der Waals surface area contributed by atoms with E-state index in [0.717, 1.165) is 44.7 Å². The summed E-state index contributed by atoms with van der Waals surface area (Å²) in [5, 5.41) is 0. The summed E-state index contributed by atoms with van der Waals surface area (Å²) in [5.41, 5.74) is 1.64. The molecule has 0 N–H and O–H groups in total. The largest absolute Gasteiger partial charge is 0.379 e. The van der Waals surface area contributed by atoms with E-state index in [4.69, 9.17) is 14.5 Å². The van der Waals surface area contributed by atoms with Crippen LogP contribution in [0.3, 0.4) is 0 Å². The van der Waals surface area contributed by atoms with Gasteiger partial charge in [-0.1, -0.05) is 36.2 Å². The van der Waals surface area contributed by atoms with Crippen LogP contribution in [0.5, 0.6) is 0 Å².